The van der Waals surface area contributed by atoms with Gasteiger partial charge in [-0.15, -0.1) is 0 Å². The molecule has 0 aliphatic carbocycles. The maximum Gasteiger partial charge on any atom is 0.247 e. The van der Waals surface area contributed by atoms with Crippen molar-refractivity contribution in [2.45, 2.75) is 58.4 Å². The normalized spacial score (nSPS) is 15.9. The zero-order valence-electron chi connectivity index (χ0n) is 19.5. The molecule has 2 amide bonds. The van der Waals surface area contributed by atoms with Gasteiger partial charge in [0, 0.05) is 24.3 Å². The van der Waals surface area contributed by atoms with E-state index in [1.807, 2.05) is 67.1 Å². The summed E-state index contributed by atoms with van der Waals surface area (Å²) in [5.74, 6) is -0.0318. The van der Waals surface area contributed by atoms with E-state index in [-0.39, 0.29) is 11.8 Å². The fourth-order valence-electron chi connectivity index (χ4n) is 4.54. The van der Waals surface area contributed by atoms with Crippen molar-refractivity contribution in [3.63, 3.8) is 0 Å². The predicted octanol–water partition coefficient (Wildman–Crippen LogP) is 4.83. The average Bonchev–Trinajstić information content (AvgIpc) is 3.18. The van der Waals surface area contributed by atoms with Crippen LogP contribution in [0, 0.1) is 13.8 Å². The predicted molar refractivity (Wildman–Crippen MR) is 130 cm³/mol. The number of benzene rings is 2. The van der Waals surface area contributed by atoms with Crippen LogP contribution in [0.2, 0.25) is 0 Å². The summed E-state index contributed by atoms with van der Waals surface area (Å²) in [4.78, 5) is 27.8. The van der Waals surface area contributed by atoms with Crippen molar-refractivity contribution in [3.8, 4) is 5.69 Å². The zero-order valence-corrected chi connectivity index (χ0v) is 19.5. The highest BCUT2D eigenvalue weighted by molar-refractivity contribution is 5.97. The van der Waals surface area contributed by atoms with E-state index in [1.54, 1.807) is 4.90 Å². The smallest absolute Gasteiger partial charge is 0.247 e. The van der Waals surface area contributed by atoms with Crippen molar-refractivity contribution in [1.29, 1.82) is 0 Å². The molecule has 2 aromatic carbocycles. The van der Waals surface area contributed by atoms with E-state index in [0.717, 1.165) is 48.4 Å². The first kappa shape index (κ1) is 22.8. The summed E-state index contributed by atoms with van der Waals surface area (Å²) >= 11 is 0. The van der Waals surface area contributed by atoms with Gasteiger partial charge < -0.3 is 10.2 Å². The Labute approximate surface area is 195 Å². The van der Waals surface area contributed by atoms with Gasteiger partial charge in [-0.2, -0.15) is 5.10 Å². The van der Waals surface area contributed by atoms with Crippen molar-refractivity contribution in [3.05, 3.63) is 77.6 Å². The number of nitrogens with one attached hydrogen (secondary N) is 1. The Kier molecular flexibility index (Phi) is 7.23. The van der Waals surface area contributed by atoms with Crippen molar-refractivity contribution in [2.24, 2.45) is 0 Å². The molecular weight excluding hydrogens is 412 g/mol. The van der Waals surface area contributed by atoms with Crippen molar-refractivity contribution in [1.82, 2.24) is 14.7 Å². The summed E-state index contributed by atoms with van der Waals surface area (Å²) in [6, 6.07) is 19.5. The van der Waals surface area contributed by atoms with Gasteiger partial charge >= 0.3 is 0 Å². The van der Waals surface area contributed by atoms with Crippen LogP contribution in [0.15, 0.2) is 60.7 Å². The quantitative estimate of drug-likeness (QED) is 0.567. The number of hydrogen-bond acceptors (Lipinski definition) is 3. The maximum absolute atomic E-state index is 13.1. The summed E-state index contributed by atoms with van der Waals surface area (Å²) < 4.78 is 1.89. The molecule has 0 spiro atoms. The van der Waals surface area contributed by atoms with Crippen molar-refractivity contribution in [2.75, 3.05) is 11.9 Å². The molecule has 1 aliphatic rings. The Hall–Kier alpha value is -3.41. The van der Waals surface area contributed by atoms with Gasteiger partial charge in [-0.05, 0) is 81.8 Å². The molecule has 6 nitrogen and oxygen atoms in total. The number of hydrogen-bond donors (Lipinski definition) is 1. The van der Waals surface area contributed by atoms with Crippen LogP contribution in [-0.4, -0.2) is 39.1 Å². The van der Waals surface area contributed by atoms with Gasteiger partial charge in [0.15, 0.2) is 0 Å². The molecular formula is C27H32N4O2. The van der Waals surface area contributed by atoms with E-state index in [2.05, 4.69) is 22.5 Å². The van der Waals surface area contributed by atoms with Crippen LogP contribution in [0.1, 0.15) is 49.1 Å². The van der Waals surface area contributed by atoms with E-state index < -0.39 is 6.04 Å². The third-order valence-electron chi connectivity index (χ3n) is 6.21. The van der Waals surface area contributed by atoms with Crippen LogP contribution < -0.4 is 5.32 Å². The average molecular weight is 445 g/mol. The van der Waals surface area contributed by atoms with Crippen molar-refractivity contribution < 1.29 is 9.59 Å². The highest BCUT2D eigenvalue weighted by Gasteiger charge is 2.31. The molecule has 0 saturated carbocycles. The molecule has 1 saturated heterocycles. The number of nitrogens with zero attached hydrogens (tertiary/aromatic N) is 3. The Morgan fingerprint density at radius 3 is 2.48 bits per heavy atom. The van der Waals surface area contributed by atoms with Crippen LogP contribution in [0.4, 0.5) is 5.69 Å². The molecule has 6 heteroatoms. The van der Waals surface area contributed by atoms with Gasteiger partial charge in [0.25, 0.3) is 0 Å². The molecule has 1 N–H and O–H groups in total. The second-order valence-corrected chi connectivity index (χ2v) is 8.81. The fourth-order valence-corrected chi connectivity index (χ4v) is 4.54. The molecule has 172 valence electrons. The Balaban J connectivity index is 1.35. The maximum atomic E-state index is 13.1. The number of aromatic nitrogens is 2. The molecule has 1 unspecified atom stereocenters. The minimum atomic E-state index is -0.404. The summed E-state index contributed by atoms with van der Waals surface area (Å²) in [6.07, 6.45) is 4.75. The van der Waals surface area contributed by atoms with Crippen LogP contribution >= 0.6 is 0 Å². The highest BCUT2D eigenvalue weighted by Crippen LogP contribution is 2.22. The first-order valence-electron chi connectivity index (χ1n) is 11.8. The molecule has 33 heavy (non-hydrogen) atoms. The lowest BCUT2D eigenvalue weighted by Gasteiger charge is -2.35. The molecule has 4 rings (SSSR count). The molecule has 1 aliphatic heterocycles. The van der Waals surface area contributed by atoms with Gasteiger partial charge in [-0.25, -0.2) is 4.68 Å². The zero-order chi connectivity index (χ0) is 23.2. The van der Waals surface area contributed by atoms with E-state index in [9.17, 15) is 9.59 Å². The van der Waals surface area contributed by atoms with E-state index in [1.165, 1.54) is 5.56 Å². The number of rotatable bonds is 7. The number of anilines is 1. The first-order valence-corrected chi connectivity index (χ1v) is 11.8. The van der Waals surface area contributed by atoms with Gasteiger partial charge in [0.1, 0.15) is 6.04 Å². The summed E-state index contributed by atoms with van der Waals surface area (Å²) in [6.45, 7) is 4.64. The molecule has 0 bridgehead atoms. The van der Waals surface area contributed by atoms with Crippen LogP contribution in [0.5, 0.6) is 0 Å². The number of carbonyl (C=O) groups is 2. The highest BCUT2D eigenvalue weighted by atomic mass is 16.2. The molecule has 1 atom stereocenters. The van der Waals surface area contributed by atoms with Gasteiger partial charge in [0.2, 0.25) is 11.8 Å². The van der Waals surface area contributed by atoms with Crippen molar-refractivity contribution >= 4 is 17.5 Å². The lowest BCUT2D eigenvalue weighted by atomic mass is 10.00. The lowest BCUT2D eigenvalue weighted by molar-refractivity contribution is -0.140. The lowest BCUT2D eigenvalue weighted by Crippen LogP contribution is -2.50. The molecule has 0 radical (unpaired) electrons. The number of carbonyl (C=O) groups excluding carboxylic acids is 2. The summed E-state index contributed by atoms with van der Waals surface area (Å²) in [7, 11) is 0. The SMILES string of the molecule is Cc1cc(C)n(-c2ccc(NC(=O)C3CCCCN3C(=O)CCCc3ccccc3)cc2)n1. The standard InChI is InChI=1S/C27H32N4O2/c1-20-19-21(2)31(29-20)24-16-14-23(15-17-24)28-27(33)25-12-6-7-18-30(25)26(32)13-8-11-22-9-4-3-5-10-22/h3-5,9-10,14-17,19,25H,6-8,11-13,18H2,1-2H3,(H,28,33). The topological polar surface area (TPSA) is 67.2 Å². The van der Waals surface area contributed by atoms with E-state index >= 15 is 0 Å². The molecule has 3 aromatic rings. The van der Waals surface area contributed by atoms with Crippen LogP contribution in [0.3, 0.4) is 0 Å². The first-order chi connectivity index (χ1) is 16.0. The Morgan fingerprint density at radius 1 is 1.03 bits per heavy atom. The summed E-state index contributed by atoms with van der Waals surface area (Å²) in [5, 5.41) is 7.52. The second-order valence-electron chi connectivity index (χ2n) is 8.81. The minimum Gasteiger partial charge on any atom is -0.331 e. The number of likely N-dealkylation sites (tertiary alicyclic amines) is 1. The Bertz CT molecular complexity index is 1090. The molecule has 1 aromatic heterocycles. The van der Waals surface area contributed by atoms with E-state index in [0.29, 0.717) is 19.4 Å². The summed E-state index contributed by atoms with van der Waals surface area (Å²) in [5.41, 5.74) is 4.95. The number of amides is 2. The number of aryl methyl sites for hydroxylation is 3. The van der Waals surface area contributed by atoms with Crippen LogP contribution in [0.25, 0.3) is 5.69 Å². The minimum absolute atomic E-state index is 0.0747. The largest absolute Gasteiger partial charge is 0.331 e. The molecule has 1 fully saturated rings. The van der Waals surface area contributed by atoms with Gasteiger partial charge in [-0.1, -0.05) is 30.3 Å². The third kappa shape index (κ3) is 5.69. The third-order valence-corrected chi connectivity index (χ3v) is 6.21. The van der Waals surface area contributed by atoms with Gasteiger partial charge in [0.05, 0.1) is 11.4 Å². The number of piperidine rings is 1. The fraction of sp³-hybridized carbons (Fsp3) is 0.370. The van der Waals surface area contributed by atoms with Gasteiger partial charge in [-0.3, -0.25) is 9.59 Å². The van der Waals surface area contributed by atoms with E-state index in [4.69, 9.17) is 0 Å². The van der Waals surface area contributed by atoms with Crippen LogP contribution in [-0.2, 0) is 16.0 Å². The monoisotopic (exact) mass is 444 g/mol. The second kappa shape index (κ2) is 10.5. The Morgan fingerprint density at radius 2 is 1.79 bits per heavy atom. The molecule has 2 heterocycles.